The first kappa shape index (κ1) is 8.67. The predicted molar refractivity (Wildman–Crippen MR) is 47.0 cm³/mol. The van der Waals surface area contributed by atoms with Crippen LogP contribution in [-0.2, 0) is 0 Å². The van der Waals surface area contributed by atoms with Crippen molar-refractivity contribution in [1.29, 1.82) is 0 Å². The molecular formula is C8H14Cl2. The van der Waals surface area contributed by atoms with Gasteiger partial charge >= 0.3 is 0 Å². The van der Waals surface area contributed by atoms with Crippen LogP contribution < -0.4 is 0 Å². The van der Waals surface area contributed by atoms with Crippen LogP contribution in [0.2, 0.25) is 0 Å². The van der Waals surface area contributed by atoms with Crippen LogP contribution in [0.15, 0.2) is 0 Å². The predicted octanol–water partition coefficient (Wildman–Crippen LogP) is 3.56. The molecule has 0 bridgehead atoms. The van der Waals surface area contributed by atoms with Crippen molar-refractivity contribution in [3.63, 3.8) is 0 Å². The molecule has 1 aliphatic rings. The highest BCUT2D eigenvalue weighted by Gasteiger charge is 2.26. The standard InChI is InChI=1S/C8H14Cl2/c9-7-8(10)5-3-1-2-4-6-8/h1-7H2. The van der Waals surface area contributed by atoms with Crippen molar-refractivity contribution in [2.24, 2.45) is 0 Å². The summed E-state index contributed by atoms with van der Waals surface area (Å²) in [5, 5.41) is 0. The van der Waals surface area contributed by atoms with Crippen LogP contribution in [0.1, 0.15) is 38.5 Å². The minimum atomic E-state index is -0.0575. The van der Waals surface area contributed by atoms with E-state index in [2.05, 4.69) is 0 Å². The Morgan fingerprint density at radius 2 is 1.50 bits per heavy atom. The Kier molecular flexibility index (Phi) is 3.32. The molecule has 0 atom stereocenters. The van der Waals surface area contributed by atoms with Crippen molar-refractivity contribution in [3.8, 4) is 0 Å². The first-order valence-electron chi connectivity index (χ1n) is 4.02. The number of hydrogen-bond donors (Lipinski definition) is 0. The Labute approximate surface area is 72.9 Å². The van der Waals surface area contributed by atoms with E-state index in [0.717, 1.165) is 12.8 Å². The third kappa shape index (κ3) is 2.32. The van der Waals surface area contributed by atoms with E-state index in [1.165, 1.54) is 25.7 Å². The Morgan fingerprint density at radius 1 is 1.00 bits per heavy atom. The lowest BCUT2D eigenvalue weighted by atomic mass is 10.0. The van der Waals surface area contributed by atoms with E-state index in [-0.39, 0.29) is 4.87 Å². The van der Waals surface area contributed by atoms with Gasteiger partial charge in [0.1, 0.15) is 0 Å². The minimum Gasteiger partial charge on any atom is -0.125 e. The van der Waals surface area contributed by atoms with E-state index in [1.54, 1.807) is 0 Å². The van der Waals surface area contributed by atoms with Gasteiger partial charge in [0.25, 0.3) is 0 Å². The molecule has 0 aliphatic heterocycles. The molecule has 0 radical (unpaired) electrons. The van der Waals surface area contributed by atoms with Gasteiger partial charge in [0, 0.05) is 5.88 Å². The number of alkyl halides is 2. The third-order valence-electron chi connectivity index (χ3n) is 2.24. The van der Waals surface area contributed by atoms with Gasteiger partial charge in [-0.05, 0) is 12.8 Å². The summed E-state index contributed by atoms with van der Waals surface area (Å²) >= 11 is 12.0. The van der Waals surface area contributed by atoms with Gasteiger partial charge in [-0.15, -0.1) is 23.2 Å². The number of halogens is 2. The van der Waals surface area contributed by atoms with Gasteiger partial charge < -0.3 is 0 Å². The van der Waals surface area contributed by atoms with Crippen LogP contribution in [0, 0.1) is 0 Å². The maximum Gasteiger partial charge on any atom is 0.0581 e. The maximum atomic E-state index is 6.23. The van der Waals surface area contributed by atoms with Crippen LogP contribution in [0.25, 0.3) is 0 Å². The summed E-state index contributed by atoms with van der Waals surface area (Å²) in [6, 6.07) is 0. The molecule has 0 heterocycles. The molecule has 0 saturated heterocycles. The van der Waals surface area contributed by atoms with Gasteiger partial charge in [0.05, 0.1) is 4.87 Å². The Morgan fingerprint density at radius 3 is 1.90 bits per heavy atom. The molecule has 1 saturated carbocycles. The van der Waals surface area contributed by atoms with E-state index < -0.39 is 0 Å². The van der Waals surface area contributed by atoms with Crippen molar-refractivity contribution in [1.82, 2.24) is 0 Å². The molecule has 0 unspecified atom stereocenters. The molecule has 60 valence electrons. The Balaban J connectivity index is 2.41. The van der Waals surface area contributed by atoms with Crippen LogP contribution >= 0.6 is 23.2 Å². The number of hydrogen-bond acceptors (Lipinski definition) is 0. The SMILES string of the molecule is ClCC1(Cl)CCCCCC1. The molecule has 1 fully saturated rings. The van der Waals surface area contributed by atoms with Crippen molar-refractivity contribution >= 4 is 23.2 Å². The van der Waals surface area contributed by atoms with E-state index in [4.69, 9.17) is 23.2 Å². The largest absolute Gasteiger partial charge is 0.125 e. The topological polar surface area (TPSA) is 0 Å². The highest BCUT2D eigenvalue weighted by molar-refractivity contribution is 6.30. The average molecular weight is 181 g/mol. The number of rotatable bonds is 1. The highest BCUT2D eigenvalue weighted by atomic mass is 35.5. The van der Waals surface area contributed by atoms with E-state index in [0.29, 0.717) is 5.88 Å². The summed E-state index contributed by atoms with van der Waals surface area (Å²) in [7, 11) is 0. The summed E-state index contributed by atoms with van der Waals surface area (Å²) in [4.78, 5) is -0.0575. The van der Waals surface area contributed by atoms with Gasteiger partial charge in [0.2, 0.25) is 0 Å². The smallest absolute Gasteiger partial charge is 0.0581 e. The van der Waals surface area contributed by atoms with E-state index in [1.807, 2.05) is 0 Å². The minimum absolute atomic E-state index is 0.0575. The van der Waals surface area contributed by atoms with Gasteiger partial charge in [-0.3, -0.25) is 0 Å². The summed E-state index contributed by atoms with van der Waals surface area (Å²) in [5.41, 5.74) is 0. The monoisotopic (exact) mass is 180 g/mol. The highest BCUT2D eigenvalue weighted by Crippen LogP contribution is 2.33. The Hall–Kier alpha value is 0.580. The molecule has 10 heavy (non-hydrogen) atoms. The van der Waals surface area contributed by atoms with Crippen LogP contribution in [0.3, 0.4) is 0 Å². The zero-order chi connectivity index (χ0) is 7.45. The average Bonchev–Trinajstić information content (AvgIpc) is 2.15. The second kappa shape index (κ2) is 3.82. The summed E-state index contributed by atoms with van der Waals surface area (Å²) < 4.78 is 0. The first-order valence-corrected chi connectivity index (χ1v) is 4.93. The summed E-state index contributed by atoms with van der Waals surface area (Å²) in [5.74, 6) is 0.620. The molecule has 0 aromatic rings. The van der Waals surface area contributed by atoms with E-state index in [9.17, 15) is 0 Å². The molecular weight excluding hydrogens is 167 g/mol. The molecule has 1 rings (SSSR count). The molecule has 2 heteroatoms. The van der Waals surface area contributed by atoms with Crippen molar-refractivity contribution in [2.75, 3.05) is 5.88 Å². The normalized spacial score (nSPS) is 25.8. The van der Waals surface area contributed by atoms with Gasteiger partial charge in [0.15, 0.2) is 0 Å². The lowest BCUT2D eigenvalue weighted by Crippen LogP contribution is -2.21. The Bertz CT molecular complexity index is 93.4. The third-order valence-corrected chi connectivity index (χ3v) is 3.40. The fourth-order valence-electron chi connectivity index (χ4n) is 1.50. The molecule has 0 N–H and O–H groups in total. The second-order valence-corrected chi connectivity index (χ2v) is 4.27. The first-order chi connectivity index (χ1) is 4.77. The van der Waals surface area contributed by atoms with E-state index >= 15 is 0 Å². The molecule has 0 nitrogen and oxygen atoms in total. The van der Waals surface area contributed by atoms with Gasteiger partial charge in [-0.2, -0.15) is 0 Å². The zero-order valence-corrected chi connectivity index (χ0v) is 7.72. The summed E-state index contributed by atoms with van der Waals surface area (Å²) in [6.45, 7) is 0. The molecule has 0 amide bonds. The zero-order valence-electron chi connectivity index (χ0n) is 6.21. The summed E-state index contributed by atoms with van der Waals surface area (Å²) in [6.07, 6.45) is 7.42. The van der Waals surface area contributed by atoms with Gasteiger partial charge in [-0.25, -0.2) is 0 Å². The lowest BCUT2D eigenvalue weighted by molar-refractivity contribution is 0.550. The van der Waals surface area contributed by atoms with Crippen LogP contribution in [0.4, 0.5) is 0 Å². The molecule has 0 aromatic heterocycles. The fraction of sp³-hybridized carbons (Fsp3) is 1.00. The van der Waals surface area contributed by atoms with Crippen molar-refractivity contribution in [3.05, 3.63) is 0 Å². The van der Waals surface area contributed by atoms with Crippen LogP contribution in [0.5, 0.6) is 0 Å². The van der Waals surface area contributed by atoms with Crippen molar-refractivity contribution in [2.45, 2.75) is 43.4 Å². The molecule has 1 aliphatic carbocycles. The quantitative estimate of drug-likeness (QED) is 0.428. The fourth-order valence-corrected chi connectivity index (χ4v) is 2.03. The lowest BCUT2D eigenvalue weighted by Gasteiger charge is -2.21. The molecule has 0 aromatic carbocycles. The molecule has 0 spiro atoms. The maximum absolute atomic E-state index is 6.23. The van der Waals surface area contributed by atoms with Crippen molar-refractivity contribution < 1.29 is 0 Å². The second-order valence-electron chi connectivity index (χ2n) is 3.20. The van der Waals surface area contributed by atoms with Gasteiger partial charge in [-0.1, -0.05) is 25.7 Å². The van der Waals surface area contributed by atoms with Crippen LogP contribution in [-0.4, -0.2) is 10.8 Å².